The van der Waals surface area contributed by atoms with Crippen molar-refractivity contribution in [3.8, 4) is 0 Å². The van der Waals surface area contributed by atoms with Crippen molar-refractivity contribution in [1.29, 1.82) is 0 Å². The topological polar surface area (TPSA) is 26.3 Å². The van der Waals surface area contributed by atoms with Gasteiger partial charge in [-0.05, 0) is 20.1 Å². The fraction of sp³-hybridized carbons (Fsp3) is 0.857. The highest BCUT2D eigenvalue weighted by Crippen LogP contribution is 2.14. The van der Waals surface area contributed by atoms with Crippen molar-refractivity contribution in [3.05, 3.63) is 0 Å². The zero-order valence-electron chi connectivity index (χ0n) is 6.96. The van der Waals surface area contributed by atoms with E-state index in [9.17, 15) is 9.18 Å². The Bertz CT molecular complexity index is 130. The molecule has 0 fully saturated rings. The average Bonchev–Trinajstić information content (AvgIpc) is 2.02. The molecule has 2 atom stereocenters. The molecule has 0 aliphatic carbocycles. The molecule has 0 aromatic carbocycles. The minimum Gasteiger partial charge on any atom is -0.464 e. The third-order valence-electron chi connectivity index (χ3n) is 1.30. The van der Waals surface area contributed by atoms with Crippen LogP contribution in [0.5, 0.6) is 0 Å². The first-order valence-electron chi connectivity index (χ1n) is 3.47. The largest absolute Gasteiger partial charge is 0.464 e. The van der Waals surface area contributed by atoms with E-state index in [1.54, 1.807) is 20.1 Å². The van der Waals surface area contributed by atoms with Crippen LogP contribution >= 0.6 is 11.8 Å². The minimum atomic E-state index is -1.50. The number of hydrogen-bond acceptors (Lipinski definition) is 3. The van der Waals surface area contributed by atoms with Crippen LogP contribution in [-0.2, 0) is 9.53 Å². The minimum absolute atomic E-state index is 0.236. The maximum atomic E-state index is 12.9. The molecule has 0 saturated carbocycles. The fourth-order valence-corrected chi connectivity index (χ4v) is 0.883. The molecule has 0 saturated heterocycles. The standard InChI is InChI=1S/C7H13FO2S/c1-4-10-7(9)6(8)5(2)11-3/h5-6H,4H2,1-3H3. The molecule has 0 N–H and O–H groups in total. The number of esters is 1. The molecule has 0 aromatic heterocycles. The molecule has 0 spiro atoms. The van der Waals surface area contributed by atoms with Crippen molar-refractivity contribution in [2.45, 2.75) is 25.3 Å². The Labute approximate surface area is 70.5 Å². The van der Waals surface area contributed by atoms with E-state index in [0.29, 0.717) is 0 Å². The molecule has 0 heterocycles. The van der Waals surface area contributed by atoms with Gasteiger partial charge in [-0.1, -0.05) is 0 Å². The van der Waals surface area contributed by atoms with Crippen molar-refractivity contribution in [1.82, 2.24) is 0 Å². The van der Waals surface area contributed by atoms with Crippen molar-refractivity contribution in [2.75, 3.05) is 12.9 Å². The van der Waals surface area contributed by atoms with Gasteiger partial charge in [0.25, 0.3) is 0 Å². The number of alkyl halides is 1. The second-order valence-electron chi connectivity index (χ2n) is 2.09. The first-order valence-corrected chi connectivity index (χ1v) is 4.75. The molecule has 4 heteroatoms. The Balaban J connectivity index is 3.80. The highest BCUT2D eigenvalue weighted by Gasteiger charge is 2.24. The second-order valence-corrected chi connectivity index (χ2v) is 3.31. The van der Waals surface area contributed by atoms with Gasteiger partial charge in [0.2, 0.25) is 6.17 Å². The highest BCUT2D eigenvalue weighted by atomic mass is 32.2. The van der Waals surface area contributed by atoms with Crippen LogP contribution < -0.4 is 0 Å². The van der Waals surface area contributed by atoms with E-state index < -0.39 is 12.1 Å². The normalized spacial score (nSPS) is 15.6. The summed E-state index contributed by atoms with van der Waals surface area (Å²) in [7, 11) is 0. The van der Waals surface area contributed by atoms with Crippen LogP contribution in [-0.4, -0.2) is 30.3 Å². The smallest absolute Gasteiger partial charge is 0.341 e. The van der Waals surface area contributed by atoms with Crippen molar-refractivity contribution in [2.24, 2.45) is 0 Å². The zero-order valence-corrected chi connectivity index (χ0v) is 7.78. The molecule has 0 aromatic rings. The van der Waals surface area contributed by atoms with Crippen LogP contribution in [0.1, 0.15) is 13.8 Å². The van der Waals surface area contributed by atoms with E-state index in [1.165, 1.54) is 11.8 Å². The summed E-state index contributed by atoms with van der Waals surface area (Å²) in [6.45, 7) is 3.56. The number of rotatable bonds is 4. The monoisotopic (exact) mass is 180 g/mol. The number of carbonyl (C=O) groups excluding carboxylic acids is 1. The Morgan fingerprint density at radius 1 is 1.73 bits per heavy atom. The van der Waals surface area contributed by atoms with Gasteiger partial charge in [-0.2, -0.15) is 11.8 Å². The molecule has 66 valence electrons. The lowest BCUT2D eigenvalue weighted by Crippen LogP contribution is -2.27. The van der Waals surface area contributed by atoms with Crippen molar-refractivity contribution >= 4 is 17.7 Å². The summed E-state index contributed by atoms with van der Waals surface area (Å²) in [6, 6.07) is 0. The molecule has 0 bridgehead atoms. The van der Waals surface area contributed by atoms with Crippen LogP contribution in [0.25, 0.3) is 0 Å². The summed E-state index contributed by atoms with van der Waals surface area (Å²) in [5.74, 6) is -0.755. The Morgan fingerprint density at radius 2 is 2.27 bits per heavy atom. The van der Waals surface area contributed by atoms with E-state index >= 15 is 0 Å². The van der Waals surface area contributed by atoms with Crippen LogP contribution in [0.4, 0.5) is 4.39 Å². The first kappa shape index (κ1) is 10.8. The van der Waals surface area contributed by atoms with Gasteiger partial charge in [0.15, 0.2) is 0 Å². The lowest BCUT2D eigenvalue weighted by atomic mass is 10.3. The molecule has 11 heavy (non-hydrogen) atoms. The number of carbonyl (C=O) groups is 1. The quantitative estimate of drug-likeness (QED) is 0.615. The van der Waals surface area contributed by atoms with E-state index in [2.05, 4.69) is 4.74 Å². The van der Waals surface area contributed by atoms with E-state index in [1.807, 2.05) is 0 Å². The molecule has 2 nitrogen and oxygen atoms in total. The van der Waals surface area contributed by atoms with Crippen LogP contribution in [0.3, 0.4) is 0 Å². The summed E-state index contributed by atoms with van der Waals surface area (Å²) >= 11 is 1.31. The molecule has 0 aliphatic heterocycles. The third kappa shape index (κ3) is 3.60. The van der Waals surface area contributed by atoms with Gasteiger partial charge >= 0.3 is 5.97 Å². The molecule has 2 unspecified atom stereocenters. The van der Waals surface area contributed by atoms with E-state index in [0.717, 1.165) is 0 Å². The maximum absolute atomic E-state index is 12.9. The number of hydrogen-bond donors (Lipinski definition) is 0. The summed E-state index contributed by atoms with van der Waals surface area (Å²) in [5.41, 5.74) is 0. The highest BCUT2D eigenvalue weighted by molar-refractivity contribution is 7.99. The number of ether oxygens (including phenoxy) is 1. The van der Waals surface area contributed by atoms with Crippen molar-refractivity contribution in [3.63, 3.8) is 0 Å². The van der Waals surface area contributed by atoms with Gasteiger partial charge in [0.1, 0.15) is 0 Å². The predicted octanol–water partition coefficient (Wildman–Crippen LogP) is 1.64. The number of halogens is 1. The van der Waals surface area contributed by atoms with Crippen LogP contribution in [0, 0.1) is 0 Å². The maximum Gasteiger partial charge on any atom is 0.341 e. The van der Waals surface area contributed by atoms with Gasteiger partial charge in [0, 0.05) is 5.25 Å². The van der Waals surface area contributed by atoms with Gasteiger partial charge in [0.05, 0.1) is 6.61 Å². The summed E-state index contributed by atoms with van der Waals surface area (Å²) in [5, 5.41) is -0.325. The third-order valence-corrected chi connectivity index (χ3v) is 2.28. The van der Waals surface area contributed by atoms with Crippen molar-refractivity contribution < 1.29 is 13.9 Å². The fourth-order valence-electron chi connectivity index (χ4n) is 0.533. The SMILES string of the molecule is CCOC(=O)C(F)C(C)SC. The molecule has 0 amide bonds. The lowest BCUT2D eigenvalue weighted by Gasteiger charge is -2.12. The zero-order chi connectivity index (χ0) is 8.85. The van der Waals surface area contributed by atoms with Gasteiger partial charge < -0.3 is 4.74 Å². The van der Waals surface area contributed by atoms with Gasteiger partial charge in [-0.3, -0.25) is 0 Å². The molecular weight excluding hydrogens is 167 g/mol. The average molecular weight is 180 g/mol. The van der Waals surface area contributed by atoms with Crippen LogP contribution in [0.2, 0.25) is 0 Å². The van der Waals surface area contributed by atoms with Gasteiger partial charge in [-0.15, -0.1) is 0 Å². The Kier molecular flexibility index (Phi) is 5.28. The summed E-state index contributed by atoms with van der Waals surface area (Å²) < 4.78 is 17.4. The lowest BCUT2D eigenvalue weighted by molar-refractivity contribution is -0.148. The molecule has 0 radical (unpaired) electrons. The molecule has 0 rings (SSSR count). The van der Waals surface area contributed by atoms with E-state index in [4.69, 9.17) is 0 Å². The second kappa shape index (κ2) is 5.41. The van der Waals surface area contributed by atoms with Gasteiger partial charge in [-0.25, -0.2) is 9.18 Å². The molecular formula is C7H13FO2S. The van der Waals surface area contributed by atoms with E-state index in [-0.39, 0.29) is 11.9 Å². The predicted molar refractivity (Wildman–Crippen MR) is 44.5 cm³/mol. The first-order chi connectivity index (χ1) is 5.13. The summed E-state index contributed by atoms with van der Waals surface area (Å²) in [6.07, 6.45) is 0.265. The number of thioether (sulfide) groups is 1. The summed E-state index contributed by atoms with van der Waals surface area (Å²) in [4.78, 5) is 10.7. The Morgan fingerprint density at radius 3 is 2.64 bits per heavy atom. The Hall–Kier alpha value is -0.250. The van der Waals surface area contributed by atoms with Crippen LogP contribution in [0.15, 0.2) is 0 Å². The molecule has 0 aliphatic rings.